The van der Waals surface area contributed by atoms with E-state index in [9.17, 15) is 9.59 Å². The number of aryl methyl sites for hydroxylation is 1. The fourth-order valence-corrected chi connectivity index (χ4v) is 3.67. The Bertz CT molecular complexity index is 1070. The second-order valence-electron chi connectivity index (χ2n) is 8.26. The molecule has 8 heteroatoms. The van der Waals surface area contributed by atoms with Crippen molar-refractivity contribution < 1.29 is 23.6 Å². The van der Waals surface area contributed by atoms with Gasteiger partial charge in [0.1, 0.15) is 0 Å². The van der Waals surface area contributed by atoms with E-state index in [0.717, 1.165) is 22.4 Å². The molecular formula is C26H31N3O5. The van der Waals surface area contributed by atoms with Gasteiger partial charge in [0.2, 0.25) is 5.91 Å². The van der Waals surface area contributed by atoms with Crippen LogP contribution in [0.15, 0.2) is 53.6 Å². The summed E-state index contributed by atoms with van der Waals surface area (Å²) in [5.41, 5.74) is 3.15. The molecule has 0 bridgehead atoms. The Morgan fingerprint density at radius 1 is 1.24 bits per heavy atom. The van der Waals surface area contributed by atoms with Crippen molar-refractivity contribution in [2.24, 2.45) is 5.92 Å². The van der Waals surface area contributed by atoms with Crippen LogP contribution in [0.5, 0.6) is 0 Å². The topological polar surface area (TPSA) is 94.8 Å². The van der Waals surface area contributed by atoms with Gasteiger partial charge in [-0.3, -0.25) is 4.79 Å². The highest BCUT2D eigenvalue weighted by Gasteiger charge is 2.28. The van der Waals surface area contributed by atoms with Gasteiger partial charge in [0.25, 0.3) is 5.89 Å². The number of anilines is 1. The number of esters is 1. The summed E-state index contributed by atoms with van der Waals surface area (Å²) in [5, 5.41) is 3.80. The first-order valence-corrected chi connectivity index (χ1v) is 11.3. The van der Waals surface area contributed by atoms with E-state index in [0.29, 0.717) is 57.2 Å². The van der Waals surface area contributed by atoms with Crippen molar-refractivity contribution in [3.05, 3.63) is 66.4 Å². The molecule has 1 aromatic carbocycles. The van der Waals surface area contributed by atoms with E-state index in [1.54, 1.807) is 17.9 Å². The van der Waals surface area contributed by atoms with E-state index in [1.165, 1.54) is 13.2 Å². The van der Waals surface area contributed by atoms with E-state index in [4.69, 9.17) is 9.26 Å². The van der Waals surface area contributed by atoms with Crippen LogP contribution in [-0.2, 0) is 19.1 Å². The molecule has 0 spiro atoms. The Kier molecular flexibility index (Phi) is 8.93. The summed E-state index contributed by atoms with van der Waals surface area (Å²) in [4.78, 5) is 31.0. The largest absolute Gasteiger partial charge is 0.466 e. The number of carbonyl (C=O) groups is 2. The van der Waals surface area contributed by atoms with Gasteiger partial charge in [-0.2, -0.15) is 4.98 Å². The first kappa shape index (κ1) is 25.1. The minimum absolute atomic E-state index is 0.0462. The van der Waals surface area contributed by atoms with E-state index >= 15 is 0 Å². The monoisotopic (exact) mass is 465 g/mol. The van der Waals surface area contributed by atoms with E-state index < -0.39 is 5.97 Å². The van der Waals surface area contributed by atoms with Crippen LogP contribution in [0.1, 0.15) is 43.0 Å². The third-order valence-corrected chi connectivity index (χ3v) is 5.62. The number of carbonyl (C=O) groups excluding carboxylic acids is 2. The molecule has 1 aliphatic heterocycles. The lowest BCUT2D eigenvalue weighted by molar-refractivity contribution is -0.134. The Labute approximate surface area is 199 Å². The highest BCUT2D eigenvalue weighted by Crippen LogP contribution is 2.26. The lowest BCUT2D eigenvalue weighted by Gasteiger charge is -2.30. The molecule has 0 aliphatic carbocycles. The normalized spacial score (nSPS) is 14.2. The first-order valence-electron chi connectivity index (χ1n) is 11.3. The molecule has 0 atom stereocenters. The number of hydrogen-bond acceptors (Lipinski definition) is 7. The van der Waals surface area contributed by atoms with Gasteiger partial charge in [-0.25, -0.2) is 4.79 Å². The van der Waals surface area contributed by atoms with Crippen molar-refractivity contribution in [3.63, 3.8) is 0 Å². The Morgan fingerprint density at radius 3 is 2.68 bits per heavy atom. The van der Waals surface area contributed by atoms with Crippen molar-refractivity contribution in [3.8, 4) is 0 Å². The van der Waals surface area contributed by atoms with Gasteiger partial charge in [-0.05, 0) is 56.4 Å². The molecule has 8 nitrogen and oxygen atoms in total. The summed E-state index contributed by atoms with van der Waals surface area (Å²) < 4.78 is 15.3. The Hall–Kier alpha value is -3.52. The van der Waals surface area contributed by atoms with E-state index in [1.807, 2.05) is 24.3 Å². The Morgan fingerprint density at radius 2 is 2.00 bits per heavy atom. The third-order valence-electron chi connectivity index (χ3n) is 5.62. The highest BCUT2D eigenvalue weighted by atomic mass is 16.5. The minimum Gasteiger partial charge on any atom is -0.466 e. The molecule has 0 radical (unpaired) electrons. The summed E-state index contributed by atoms with van der Waals surface area (Å²) in [6, 6.07) is 7.49. The fraction of sp³-hybridized carbons (Fsp3) is 0.385. The molecule has 2 aromatic rings. The zero-order chi connectivity index (χ0) is 24.5. The number of methoxy groups -OCH3 is 1. The van der Waals surface area contributed by atoms with Gasteiger partial charge < -0.3 is 18.9 Å². The molecule has 1 fully saturated rings. The van der Waals surface area contributed by atoms with Crippen molar-refractivity contribution in [1.82, 2.24) is 10.1 Å². The first-order chi connectivity index (χ1) is 16.4. The maximum absolute atomic E-state index is 13.5. The average molecular weight is 466 g/mol. The highest BCUT2D eigenvalue weighted by molar-refractivity contribution is 5.96. The van der Waals surface area contributed by atoms with Crippen LogP contribution in [0.4, 0.5) is 5.69 Å². The van der Waals surface area contributed by atoms with Crippen molar-refractivity contribution in [2.45, 2.75) is 32.6 Å². The summed E-state index contributed by atoms with van der Waals surface area (Å²) in [7, 11) is 1.33. The number of amides is 1. The van der Waals surface area contributed by atoms with Crippen molar-refractivity contribution in [1.29, 1.82) is 0 Å². The van der Waals surface area contributed by atoms with Gasteiger partial charge in [-0.1, -0.05) is 36.0 Å². The van der Waals surface area contributed by atoms with Gasteiger partial charge in [0.15, 0.2) is 5.82 Å². The lowest BCUT2D eigenvalue weighted by atomic mass is 9.97. The second kappa shape index (κ2) is 12.1. The molecule has 180 valence electrons. The number of rotatable bonds is 10. The van der Waals surface area contributed by atoms with Gasteiger partial charge in [-0.15, -0.1) is 0 Å². The molecule has 34 heavy (non-hydrogen) atoms. The molecule has 1 saturated heterocycles. The quantitative estimate of drug-likeness (QED) is 0.292. The number of benzene rings is 1. The molecule has 0 saturated carbocycles. The zero-order valence-electron chi connectivity index (χ0n) is 19.8. The van der Waals surface area contributed by atoms with Crippen LogP contribution in [0.3, 0.4) is 0 Å². The predicted octanol–water partition coefficient (Wildman–Crippen LogP) is 4.37. The fourth-order valence-electron chi connectivity index (χ4n) is 3.67. The third kappa shape index (κ3) is 6.99. The van der Waals surface area contributed by atoms with Crippen LogP contribution < -0.4 is 4.90 Å². The summed E-state index contributed by atoms with van der Waals surface area (Å²) in [6.45, 7) is 11.5. The Balaban J connectivity index is 1.75. The van der Waals surface area contributed by atoms with Crippen LogP contribution in [-0.4, -0.2) is 48.9 Å². The molecule has 2 heterocycles. The molecule has 1 aliphatic rings. The summed E-state index contributed by atoms with van der Waals surface area (Å²) >= 11 is 0. The molecule has 0 N–H and O–H groups in total. The predicted molar refractivity (Wildman–Crippen MR) is 130 cm³/mol. The second-order valence-corrected chi connectivity index (χ2v) is 8.26. The van der Waals surface area contributed by atoms with Crippen molar-refractivity contribution in [2.75, 3.05) is 31.8 Å². The zero-order valence-corrected chi connectivity index (χ0v) is 19.8. The SMILES string of the molecule is C=C(CCC(=C)c1nc(C)no1)CN(C(=O)C1CCOCC1)c1cccc(/C=C/C(=O)OC)c1. The number of ether oxygens (including phenoxy) is 2. The lowest BCUT2D eigenvalue weighted by Crippen LogP contribution is -2.39. The summed E-state index contributed by atoms with van der Waals surface area (Å²) in [5.74, 6) is 0.484. The number of aromatic nitrogens is 2. The molecule has 1 aromatic heterocycles. The molecule has 0 unspecified atom stereocenters. The minimum atomic E-state index is -0.439. The maximum Gasteiger partial charge on any atom is 0.330 e. The van der Waals surface area contributed by atoms with Crippen molar-refractivity contribution >= 4 is 29.2 Å². The average Bonchev–Trinajstić information content (AvgIpc) is 3.31. The molecular weight excluding hydrogens is 434 g/mol. The van der Waals surface area contributed by atoms with E-state index in [-0.39, 0.29) is 11.8 Å². The van der Waals surface area contributed by atoms with Crippen LogP contribution in [0.2, 0.25) is 0 Å². The smallest absolute Gasteiger partial charge is 0.330 e. The van der Waals surface area contributed by atoms with Gasteiger partial charge in [0.05, 0.1) is 7.11 Å². The van der Waals surface area contributed by atoms with E-state index in [2.05, 4.69) is 28.0 Å². The van der Waals surface area contributed by atoms with Crippen LogP contribution >= 0.6 is 0 Å². The maximum atomic E-state index is 13.5. The number of nitrogens with zero attached hydrogens (tertiary/aromatic N) is 3. The van der Waals surface area contributed by atoms with Gasteiger partial charge in [0, 0.05) is 43.0 Å². The standard InChI is InChI=1S/C26H31N3O5/c1-18(8-9-19(2)25-27-20(3)28-34-25)17-29(26(31)22-12-14-33-15-13-22)23-7-5-6-21(16-23)10-11-24(30)32-4/h5-7,10-11,16,22H,1-2,8-9,12-15,17H2,3-4H3/b11-10+. The summed E-state index contributed by atoms with van der Waals surface area (Å²) in [6.07, 6.45) is 5.63. The number of allylic oxidation sites excluding steroid dienone is 1. The van der Waals surface area contributed by atoms with Crippen LogP contribution in [0.25, 0.3) is 11.6 Å². The molecule has 3 rings (SSSR count). The van der Waals surface area contributed by atoms with Crippen LogP contribution in [0, 0.1) is 12.8 Å². The molecule has 1 amide bonds. The van der Waals surface area contributed by atoms with Gasteiger partial charge >= 0.3 is 5.97 Å². The number of hydrogen-bond donors (Lipinski definition) is 0.